The van der Waals surface area contributed by atoms with Crippen LogP contribution in [0.1, 0.15) is 51.0 Å². The van der Waals surface area contributed by atoms with Crippen LogP contribution in [0.15, 0.2) is 18.2 Å². The van der Waals surface area contributed by atoms with Gasteiger partial charge in [0.15, 0.2) is 5.69 Å². The quantitative estimate of drug-likeness (QED) is 0.636. The number of ether oxygens (including phenoxy) is 1. The van der Waals surface area contributed by atoms with Crippen LogP contribution in [0.2, 0.25) is 0 Å². The number of carbonyl (C=O) groups is 3. The molecule has 0 saturated carbocycles. The van der Waals surface area contributed by atoms with E-state index >= 15 is 0 Å². The molecular formula is C23H32N6O4. The van der Waals surface area contributed by atoms with Crippen LogP contribution >= 0.6 is 0 Å². The first-order valence-corrected chi connectivity index (χ1v) is 11.6. The van der Waals surface area contributed by atoms with Crippen molar-refractivity contribution in [2.75, 3.05) is 19.6 Å². The second-order valence-corrected chi connectivity index (χ2v) is 9.45. The first-order chi connectivity index (χ1) is 15.7. The van der Waals surface area contributed by atoms with E-state index in [4.69, 9.17) is 4.74 Å². The molecule has 10 heteroatoms. The zero-order valence-electron chi connectivity index (χ0n) is 19.6. The van der Waals surface area contributed by atoms with E-state index in [1.165, 1.54) is 4.68 Å². The first kappa shape index (κ1) is 23.0. The highest BCUT2D eigenvalue weighted by Gasteiger charge is 2.35. The van der Waals surface area contributed by atoms with Gasteiger partial charge in [-0.15, -0.1) is 0 Å². The number of benzene rings is 1. The summed E-state index contributed by atoms with van der Waals surface area (Å²) in [4.78, 5) is 40.4. The third kappa shape index (κ3) is 5.11. The Balaban J connectivity index is 1.65. The Hall–Kier alpha value is -3.14. The molecule has 1 atom stereocenters. The van der Waals surface area contributed by atoms with Crippen LogP contribution in [0, 0.1) is 5.92 Å². The first-order valence-electron chi connectivity index (χ1n) is 11.6. The number of carbonyl (C=O) groups excluding carboxylic acids is 3. The van der Waals surface area contributed by atoms with Gasteiger partial charge >= 0.3 is 12.1 Å². The number of nitrogens with zero attached hydrogens (tertiary/aromatic N) is 3. The maximum atomic E-state index is 13.3. The van der Waals surface area contributed by atoms with Gasteiger partial charge in [-0.05, 0) is 77.7 Å². The van der Waals surface area contributed by atoms with Gasteiger partial charge in [-0.25, -0.2) is 9.59 Å². The molecule has 0 radical (unpaired) electrons. The van der Waals surface area contributed by atoms with Crippen LogP contribution in [-0.4, -0.2) is 70.5 Å². The Morgan fingerprint density at radius 2 is 1.76 bits per heavy atom. The lowest BCUT2D eigenvalue weighted by atomic mass is 9.84. The molecular weight excluding hydrogens is 424 g/mol. The average molecular weight is 457 g/mol. The zero-order chi connectivity index (χ0) is 23.7. The summed E-state index contributed by atoms with van der Waals surface area (Å²) < 4.78 is 6.56. The average Bonchev–Trinajstić information content (AvgIpc) is 3.12. The van der Waals surface area contributed by atoms with Crippen molar-refractivity contribution in [1.82, 2.24) is 30.6 Å². The lowest BCUT2D eigenvalue weighted by molar-refractivity contribution is 0.0618. The highest BCUT2D eigenvalue weighted by atomic mass is 16.6. The number of hydrogen-bond acceptors (Lipinski definition) is 6. The van der Waals surface area contributed by atoms with E-state index in [2.05, 4.69) is 25.9 Å². The molecule has 0 unspecified atom stereocenters. The number of rotatable bonds is 5. The number of aromatic nitrogens is 2. The fourth-order valence-corrected chi connectivity index (χ4v) is 4.53. The molecule has 0 spiro atoms. The highest BCUT2D eigenvalue weighted by molar-refractivity contribution is 6.07. The smallest absolute Gasteiger partial charge is 0.410 e. The molecule has 2 aromatic rings. The molecule has 0 aliphatic carbocycles. The van der Waals surface area contributed by atoms with E-state index in [1.54, 1.807) is 18.2 Å². The topological polar surface area (TPSA) is 118 Å². The number of hydrogen-bond donors (Lipinski definition) is 3. The van der Waals surface area contributed by atoms with Crippen molar-refractivity contribution in [2.45, 2.75) is 58.7 Å². The second-order valence-electron chi connectivity index (χ2n) is 9.45. The summed E-state index contributed by atoms with van der Waals surface area (Å²) in [6.07, 6.45) is 1.55. The lowest BCUT2D eigenvalue weighted by Crippen LogP contribution is -2.57. The van der Waals surface area contributed by atoms with Crippen molar-refractivity contribution in [1.29, 1.82) is 0 Å². The Labute approximate surface area is 193 Å². The van der Waals surface area contributed by atoms with Crippen LogP contribution < -0.4 is 20.7 Å². The monoisotopic (exact) mass is 456 g/mol. The molecule has 3 N–H and O–H groups in total. The molecule has 1 aromatic carbocycles. The van der Waals surface area contributed by atoms with Crippen LogP contribution in [0.5, 0.6) is 5.75 Å². The Bertz CT molecular complexity index is 1050. The third-order valence-corrected chi connectivity index (χ3v) is 6.06. The Morgan fingerprint density at radius 1 is 1.06 bits per heavy atom. The van der Waals surface area contributed by atoms with Crippen molar-refractivity contribution in [3.63, 3.8) is 0 Å². The third-order valence-electron chi connectivity index (χ3n) is 6.06. The summed E-state index contributed by atoms with van der Waals surface area (Å²) >= 11 is 0. The fourth-order valence-electron chi connectivity index (χ4n) is 4.53. The summed E-state index contributed by atoms with van der Waals surface area (Å²) in [5.41, 5.74) is 0.596. The predicted molar refractivity (Wildman–Crippen MR) is 124 cm³/mol. The van der Waals surface area contributed by atoms with Gasteiger partial charge in [0.1, 0.15) is 5.75 Å². The minimum Gasteiger partial charge on any atom is -0.410 e. The summed E-state index contributed by atoms with van der Waals surface area (Å²) in [7, 11) is 0. The lowest BCUT2D eigenvalue weighted by Gasteiger charge is -2.44. The number of fused-ring (bicyclic) bond motifs is 4. The second kappa shape index (κ2) is 9.38. The maximum Gasteiger partial charge on any atom is 0.412 e. The van der Waals surface area contributed by atoms with E-state index in [9.17, 15) is 14.4 Å². The van der Waals surface area contributed by atoms with Crippen molar-refractivity contribution in [3.8, 4) is 5.75 Å². The van der Waals surface area contributed by atoms with Crippen molar-refractivity contribution < 1.29 is 19.1 Å². The van der Waals surface area contributed by atoms with Crippen LogP contribution in [-0.2, 0) is 0 Å². The molecule has 3 fully saturated rings. The fraction of sp³-hybridized carbons (Fsp3) is 0.565. The summed E-state index contributed by atoms with van der Waals surface area (Å²) in [6.45, 7) is 10.3. The Morgan fingerprint density at radius 3 is 2.36 bits per heavy atom. The number of amides is 3. The Kier molecular flexibility index (Phi) is 6.55. The summed E-state index contributed by atoms with van der Waals surface area (Å²) in [6, 6.07) is 4.25. The number of piperidine rings is 3. The van der Waals surface area contributed by atoms with E-state index in [1.807, 2.05) is 27.7 Å². The molecule has 2 bridgehead atoms. The number of nitrogens with one attached hydrogen (secondary N) is 3. The van der Waals surface area contributed by atoms with Gasteiger partial charge in [0.2, 0.25) is 0 Å². The molecule has 3 saturated heterocycles. The standard InChI is InChI=1S/C23H32N6O4/c1-13(2)24-22(31)29-19-6-5-16(33-23(32)25-14(3)4)11-17(19)20(27-29)21(30)26-18-12-28-9-7-15(18)8-10-28/h5-6,11,13-15,18H,7-10,12H2,1-4H3,(H,24,31)(H,25,32)(H,26,30)/t18-/m0/s1. The van der Waals surface area contributed by atoms with Crippen LogP contribution in [0.25, 0.3) is 10.9 Å². The van der Waals surface area contributed by atoms with Gasteiger partial charge in [-0.3, -0.25) is 4.79 Å². The predicted octanol–water partition coefficient (Wildman–Crippen LogP) is 2.32. The summed E-state index contributed by atoms with van der Waals surface area (Å²) in [5.74, 6) is 0.384. The van der Waals surface area contributed by atoms with E-state index in [0.29, 0.717) is 16.8 Å². The normalized spacial score (nSPS) is 21.9. The largest absolute Gasteiger partial charge is 0.412 e. The molecule has 33 heavy (non-hydrogen) atoms. The van der Waals surface area contributed by atoms with Crippen molar-refractivity contribution in [3.05, 3.63) is 23.9 Å². The minimum absolute atomic E-state index is 0.0564. The molecule has 10 nitrogen and oxygen atoms in total. The minimum atomic E-state index is -0.590. The SMILES string of the molecule is CC(C)NC(=O)Oc1ccc2c(c1)c(C(=O)N[C@H]1CN3CCC1CC3)nn2C(=O)NC(C)C. The molecule has 1 aromatic heterocycles. The molecule has 3 amide bonds. The molecule has 3 aliphatic rings. The van der Waals surface area contributed by atoms with Crippen molar-refractivity contribution in [2.24, 2.45) is 5.92 Å². The molecule has 5 rings (SSSR count). The van der Waals surface area contributed by atoms with E-state index < -0.39 is 12.1 Å². The van der Waals surface area contributed by atoms with Gasteiger partial charge < -0.3 is 25.6 Å². The van der Waals surface area contributed by atoms with Gasteiger partial charge in [0, 0.05) is 30.1 Å². The maximum absolute atomic E-state index is 13.3. The van der Waals surface area contributed by atoms with Crippen molar-refractivity contribution >= 4 is 28.9 Å². The van der Waals surface area contributed by atoms with E-state index in [-0.39, 0.29) is 35.5 Å². The van der Waals surface area contributed by atoms with Gasteiger partial charge in [0.25, 0.3) is 5.91 Å². The van der Waals surface area contributed by atoms with Gasteiger partial charge in [0.05, 0.1) is 5.52 Å². The van der Waals surface area contributed by atoms with Crippen LogP contribution in [0.3, 0.4) is 0 Å². The summed E-state index contributed by atoms with van der Waals surface area (Å²) in [5, 5.41) is 13.4. The van der Waals surface area contributed by atoms with Gasteiger partial charge in [-0.2, -0.15) is 9.78 Å². The molecule has 4 heterocycles. The van der Waals surface area contributed by atoms with Gasteiger partial charge in [-0.1, -0.05) is 0 Å². The molecule has 178 valence electrons. The van der Waals surface area contributed by atoms with Crippen LogP contribution in [0.4, 0.5) is 9.59 Å². The van der Waals surface area contributed by atoms with E-state index in [0.717, 1.165) is 32.5 Å². The zero-order valence-corrected chi connectivity index (χ0v) is 19.6. The molecule has 3 aliphatic heterocycles. The highest BCUT2D eigenvalue weighted by Crippen LogP contribution is 2.29.